The molecular weight excluding hydrogens is 262 g/mol. The Hall–Kier alpha value is -1.22. The van der Waals surface area contributed by atoms with Gasteiger partial charge in [-0.2, -0.15) is 0 Å². The highest BCUT2D eigenvalue weighted by Gasteiger charge is 2.11. The first-order valence-corrected chi connectivity index (χ1v) is 5.18. The van der Waals surface area contributed by atoms with Gasteiger partial charge in [-0.15, -0.1) is 0 Å². The zero-order valence-corrected chi connectivity index (χ0v) is 9.26. The molecule has 0 bridgehead atoms. The number of benzene rings is 2. The van der Waals surface area contributed by atoms with Crippen molar-refractivity contribution in [3.05, 3.63) is 58.6 Å². The van der Waals surface area contributed by atoms with Crippen molar-refractivity contribution in [2.24, 2.45) is 0 Å². The molecule has 0 N–H and O–H groups in total. The van der Waals surface area contributed by atoms with Crippen molar-refractivity contribution in [2.75, 3.05) is 0 Å². The first kappa shape index (κ1) is 10.3. The van der Waals surface area contributed by atoms with E-state index >= 15 is 0 Å². The van der Waals surface area contributed by atoms with Crippen LogP contribution >= 0.6 is 15.9 Å². The number of rotatable bonds is 1. The Morgan fingerprint density at radius 3 is 1.93 bits per heavy atom. The maximum atomic E-state index is 13.5. The van der Waals surface area contributed by atoms with E-state index in [0.717, 1.165) is 0 Å². The van der Waals surface area contributed by atoms with E-state index < -0.39 is 11.6 Å². The molecule has 0 unspecified atom stereocenters. The molecule has 0 saturated heterocycles. The van der Waals surface area contributed by atoms with Crippen molar-refractivity contribution in [2.45, 2.75) is 0 Å². The van der Waals surface area contributed by atoms with Crippen LogP contribution in [-0.2, 0) is 0 Å². The third kappa shape index (κ3) is 2.07. The van der Waals surface area contributed by atoms with E-state index in [9.17, 15) is 8.78 Å². The van der Waals surface area contributed by atoms with Crippen molar-refractivity contribution >= 4 is 15.9 Å². The Bertz CT molecular complexity index is 457. The van der Waals surface area contributed by atoms with Crippen LogP contribution in [0.3, 0.4) is 0 Å². The molecule has 0 aliphatic heterocycles. The third-order valence-electron chi connectivity index (χ3n) is 2.07. The lowest BCUT2D eigenvalue weighted by Crippen LogP contribution is -1.89. The van der Waals surface area contributed by atoms with Gasteiger partial charge in [0, 0.05) is 4.47 Å². The summed E-state index contributed by atoms with van der Waals surface area (Å²) >= 11 is 3.04. The molecule has 2 aromatic rings. The molecule has 0 fully saturated rings. The van der Waals surface area contributed by atoms with E-state index in [2.05, 4.69) is 15.9 Å². The molecule has 2 rings (SSSR count). The van der Waals surface area contributed by atoms with Crippen LogP contribution in [0, 0.1) is 11.6 Å². The summed E-state index contributed by atoms with van der Waals surface area (Å²) in [4.78, 5) is 0. The van der Waals surface area contributed by atoms with Gasteiger partial charge >= 0.3 is 0 Å². The van der Waals surface area contributed by atoms with Crippen LogP contribution in [0.1, 0.15) is 0 Å². The second kappa shape index (κ2) is 4.11. The topological polar surface area (TPSA) is 0 Å². The minimum Gasteiger partial charge on any atom is -0.206 e. The summed E-state index contributed by atoms with van der Waals surface area (Å²) in [6, 6.07) is 11.2. The van der Waals surface area contributed by atoms with Crippen molar-refractivity contribution in [3.8, 4) is 11.1 Å². The van der Waals surface area contributed by atoms with E-state index in [1.54, 1.807) is 30.3 Å². The van der Waals surface area contributed by atoms with E-state index in [4.69, 9.17) is 0 Å². The van der Waals surface area contributed by atoms with E-state index in [0.29, 0.717) is 10.0 Å². The largest absolute Gasteiger partial charge is 0.206 e. The maximum absolute atomic E-state index is 13.5. The summed E-state index contributed by atoms with van der Waals surface area (Å²) in [5.41, 5.74) is 0.554. The molecule has 0 spiro atoms. The Balaban J connectivity index is 2.64. The van der Waals surface area contributed by atoms with Crippen LogP contribution in [0.15, 0.2) is 46.9 Å². The van der Waals surface area contributed by atoms with Gasteiger partial charge in [-0.05, 0) is 17.7 Å². The predicted molar refractivity (Wildman–Crippen MR) is 59.5 cm³/mol. The highest BCUT2D eigenvalue weighted by atomic mass is 79.9. The molecule has 0 saturated carbocycles. The molecule has 0 aliphatic carbocycles. The molecule has 0 aromatic heterocycles. The van der Waals surface area contributed by atoms with Gasteiger partial charge in [0.1, 0.15) is 11.6 Å². The Labute approximate surface area is 94.7 Å². The zero-order valence-electron chi connectivity index (χ0n) is 7.68. The minimum atomic E-state index is -0.562. The fourth-order valence-corrected chi connectivity index (χ4v) is 1.82. The van der Waals surface area contributed by atoms with E-state index in [1.807, 2.05) is 0 Å². The molecule has 2 aromatic carbocycles. The first-order chi connectivity index (χ1) is 7.18. The summed E-state index contributed by atoms with van der Waals surface area (Å²) in [6.45, 7) is 0. The Morgan fingerprint density at radius 1 is 0.867 bits per heavy atom. The van der Waals surface area contributed by atoms with Crippen LogP contribution in [0.4, 0.5) is 8.78 Å². The smallest absolute Gasteiger partial charge is 0.135 e. The quantitative estimate of drug-likeness (QED) is 0.720. The summed E-state index contributed by atoms with van der Waals surface area (Å²) in [7, 11) is 0. The summed E-state index contributed by atoms with van der Waals surface area (Å²) in [6.07, 6.45) is 0. The average molecular weight is 269 g/mol. The first-order valence-electron chi connectivity index (χ1n) is 4.38. The normalized spacial score (nSPS) is 10.3. The standard InChI is InChI=1S/C12H7BrF2/c13-9-6-10(14)12(11(15)7-9)8-4-2-1-3-5-8/h1-7H. The van der Waals surface area contributed by atoms with Gasteiger partial charge in [0.15, 0.2) is 0 Å². The van der Waals surface area contributed by atoms with E-state index in [-0.39, 0.29) is 5.56 Å². The Morgan fingerprint density at radius 2 is 1.40 bits per heavy atom. The van der Waals surface area contributed by atoms with Crippen LogP contribution in [-0.4, -0.2) is 0 Å². The van der Waals surface area contributed by atoms with Crippen molar-refractivity contribution in [1.29, 1.82) is 0 Å². The molecule has 76 valence electrons. The maximum Gasteiger partial charge on any atom is 0.135 e. The summed E-state index contributed by atoms with van der Waals surface area (Å²) in [5, 5.41) is 0. The van der Waals surface area contributed by atoms with Gasteiger partial charge in [0.05, 0.1) is 5.56 Å². The van der Waals surface area contributed by atoms with Crippen LogP contribution < -0.4 is 0 Å². The molecule has 0 nitrogen and oxygen atoms in total. The summed E-state index contributed by atoms with van der Waals surface area (Å²) in [5.74, 6) is -1.12. The molecule has 3 heteroatoms. The van der Waals surface area contributed by atoms with Gasteiger partial charge in [0.25, 0.3) is 0 Å². The predicted octanol–water partition coefficient (Wildman–Crippen LogP) is 4.39. The second-order valence-electron chi connectivity index (χ2n) is 3.11. The zero-order chi connectivity index (χ0) is 10.8. The highest BCUT2D eigenvalue weighted by molar-refractivity contribution is 9.10. The molecule has 0 aliphatic rings. The lowest BCUT2D eigenvalue weighted by Gasteiger charge is -2.05. The van der Waals surface area contributed by atoms with Crippen molar-refractivity contribution < 1.29 is 8.78 Å². The monoisotopic (exact) mass is 268 g/mol. The lowest BCUT2D eigenvalue weighted by atomic mass is 10.0. The molecule has 15 heavy (non-hydrogen) atoms. The summed E-state index contributed by atoms with van der Waals surface area (Å²) < 4.78 is 27.5. The van der Waals surface area contributed by atoms with Gasteiger partial charge in [0.2, 0.25) is 0 Å². The van der Waals surface area contributed by atoms with Crippen molar-refractivity contribution in [3.63, 3.8) is 0 Å². The van der Waals surface area contributed by atoms with Crippen molar-refractivity contribution in [1.82, 2.24) is 0 Å². The molecule has 0 amide bonds. The second-order valence-corrected chi connectivity index (χ2v) is 4.03. The van der Waals surface area contributed by atoms with Gasteiger partial charge in [-0.1, -0.05) is 46.3 Å². The van der Waals surface area contributed by atoms with Crippen LogP contribution in [0.2, 0.25) is 0 Å². The fourth-order valence-electron chi connectivity index (χ4n) is 1.42. The third-order valence-corrected chi connectivity index (χ3v) is 2.53. The number of hydrogen-bond acceptors (Lipinski definition) is 0. The van der Waals surface area contributed by atoms with Crippen LogP contribution in [0.5, 0.6) is 0 Å². The van der Waals surface area contributed by atoms with Gasteiger partial charge in [-0.3, -0.25) is 0 Å². The minimum absolute atomic E-state index is 0.0128. The fraction of sp³-hybridized carbons (Fsp3) is 0. The molecular formula is C12H7BrF2. The average Bonchev–Trinajstić information content (AvgIpc) is 2.17. The lowest BCUT2D eigenvalue weighted by molar-refractivity contribution is 0.588. The van der Waals surface area contributed by atoms with Crippen LogP contribution in [0.25, 0.3) is 11.1 Å². The number of hydrogen-bond donors (Lipinski definition) is 0. The molecule has 0 radical (unpaired) electrons. The van der Waals surface area contributed by atoms with Gasteiger partial charge in [-0.25, -0.2) is 8.78 Å². The van der Waals surface area contributed by atoms with E-state index in [1.165, 1.54) is 12.1 Å². The molecule has 0 atom stereocenters. The SMILES string of the molecule is Fc1cc(Br)cc(F)c1-c1ccccc1. The van der Waals surface area contributed by atoms with Gasteiger partial charge < -0.3 is 0 Å². The molecule has 0 heterocycles. The Kier molecular flexibility index (Phi) is 2.82. The number of halogens is 3. The highest BCUT2D eigenvalue weighted by Crippen LogP contribution is 2.28.